The minimum Gasteiger partial charge on any atom is -0.481 e. The van der Waals surface area contributed by atoms with Crippen molar-refractivity contribution in [3.05, 3.63) is 5.82 Å². The molecule has 0 aliphatic carbocycles. The second kappa shape index (κ2) is 6.28. The maximum Gasteiger partial charge on any atom is 0.326 e. The van der Waals surface area contributed by atoms with Gasteiger partial charge in [-0.25, -0.2) is 9.59 Å². The second-order valence-corrected chi connectivity index (χ2v) is 3.60. The molecule has 0 aliphatic heterocycles. The van der Waals surface area contributed by atoms with E-state index in [-0.39, 0.29) is 5.82 Å². The number of tetrazole rings is 1. The van der Waals surface area contributed by atoms with Crippen molar-refractivity contribution in [1.29, 1.82) is 0 Å². The van der Waals surface area contributed by atoms with Crippen LogP contribution in [-0.4, -0.2) is 54.8 Å². The number of H-pyrrole nitrogens is 1. The fourth-order valence-corrected chi connectivity index (χ4v) is 1.19. The summed E-state index contributed by atoms with van der Waals surface area (Å²) in [5, 5.41) is 34.4. The molecule has 0 saturated heterocycles. The topological polar surface area (TPSA) is 170 Å². The highest BCUT2D eigenvalue weighted by atomic mass is 16.4. The number of aromatic nitrogens is 4. The minimum atomic E-state index is -1.52. The zero-order chi connectivity index (χ0) is 14.4. The van der Waals surface area contributed by atoms with Gasteiger partial charge in [-0.2, -0.15) is 5.21 Å². The minimum absolute atomic E-state index is 0.209. The van der Waals surface area contributed by atoms with E-state index >= 15 is 0 Å². The van der Waals surface area contributed by atoms with E-state index in [1.807, 2.05) is 5.32 Å². The molecular formula is C8H12N6O5. The maximum atomic E-state index is 11.5. The summed E-state index contributed by atoms with van der Waals surface area (Å²) in [5.74, 6) is -2.57. The molecule has 11 nitrogen and oxygen atoms in total. The van der Waals surface area contributed by atoms with Crippen LogP contribution in [0.2, 0.25) is 0 Å². The number of carboxylic acid groups (broad SMARTS) is 2. The lowest BCUT2D eigenvalue weighted by Crippen LogP contribution is -2.47. The van der Waals surface area contributed by atoms with E-state index in [4.69, 9.17) is 10.2 Å². The van der Waals surface area contributed by atoms with Gasteiger partial charge in [-0.1, -0.05) is 5.21 Å². The summed E-state index contributed by atoms with van der Waals surface area (Å²) in [6.45, 7) is 1.55. The molecule has 0 aromatic carbocycles. The largest absolute Gasteiger partial charge is 0.481 e. The van der Waals surface area contributed by atoms with Crippen LogP contribution < -0.4 is 10.6 Å². The Morgan fingerprint density at radius 2 is 2.00 bits per heavy atom. The molecule has 11 heteroatoms. The Labute approximate surface area is 106 Å². The molecule has 0 spiro atoms. The van der Waals surface area contributed by atoms with Crippen molar-refractivity contribution in [3.63, 3.8) is 0 Å². The lowest BCUT2D eigenvalue weighted by Gasteiger charge is -2.15. The molecule has 0 fully saturated rings. The zero-order valence-corrected chi connectivity index (χ0v) is 9.82. The van der Waals surface area contributed by atoms with Crippen molar-refractivity contribution in [3.8, 4) is 0 Å². The Morgan fingerprint density at radius 1 is 1.32 bits per heavy atom. The molecule has 5 N–H and O–H groups in total. The molecule has 0 radical (unpaired) electrons. The Balaban J connectivity index is 2.53. The van der Waals surface area contributed by atoms with Crippen molar-refractivity contribution in [2.24, 2.45) is 0 Å². The van der Waals surface area contributed by atoms with E-state index in [1.165, 1.54) is 0 Å². The number of nitrogens with zero attached hydrogens (tertiary/aromatic N) is 3. The van der Waals surface area contributed by atoms with Gasteiger partial charge in [0, 0.05) is 0 Å². The zero-order valence-electron chi connectivity index (χ0n) is 9.82. The number of aliphatic carboxylic acids is 2. The van der Waals surface area contributed by atoms with Gasteiger partial charge in [-0.3, -0.25) is 4.79 Å². The van der Waals surface area contributed by atoms with Crippen molar-refractivity contribution in [2.75, 3.05) is 0 Å². The molecule has 0 bridgehead atoms. The molecule has 0 saturated carbocycles. The van der Waals surface area contributed by atoms with Crippen molar-refractivity contribution in [1.82, 2.24) is 31.3 Å². The smallest absolute Gasteiger partial charge is 0.326 e. The third-order valence-corrected chi connectivity index (χ3v) is 2.08. The molecule has 1 heterocycles. The molecule has 1 aromatic heterocycles. The predicted molar refractivity (Wildman–Crippen MR) is 57.9 cm³/mol. The van der Waals surface area contributed by atoms with Crippen LogP contribution in [0.3, 0.4) is 0 Å². The van der Waals surface area contributed by atoms with Gasteiger partial charge in [-0.05, 0) is 6.92 Å². The highest BCUT2D eigenvalue weighted by Gasteiger charge is 2.24. The van der Waals surface area contributed by atoms with Crippen LogP contribution >= 0.6 is 0 Å². The van der Waals surface area contributed by atoms with Crippen LogP contribution in [0.4, 0.5) is 4.79 Å². The van der Waals surface area contributed by atoms with Crippen LogP contribution in [0.25, 0.3) is 0 Å². The average Bonchev–Trinajstić information content (AvgIpc) is 2.80. The van der Waals surface area contributed by atoms with Crippen molar-refractivity contribution >= 4 is 18.0 Å². The number of hydrogen-bond acceptors (Lipinski definition) is 6. The second-order valence-electron chi connectivity index (χ2n) is 3.60. The van der Waals surface area contributed by atoms with Crippen LogP contribution in [0.5, 0.6) is 0 Å². The quantitative estimate of drug-likeness (QED) is 0.416. The monoisotopic (exact) mass is 272 g/mol. The first-order valence-corrected chi connectivity index (χ1v) is 5.15. The lowest BCUT2D eigenvalue weighted by molar-refractivity contribution is -0.145. The number of urea groups is 1. The SMILES string of the molecule is CC(NC(=O)NC(CC(=O)O)C(=O)O)c1nn[nH]n1. The fraction of sp³-hybridized carbons (Fsp3) is 0.500. The number of nitrogens with one attached hydrogen (secondary N) is 3. The van der Waals surface area contributed by atoms with E-state index in [9.17, 15) is 14.4 Å². The Hall–Kier alpha value is -2.72. The van der Waals surface area contributed by atoms with E-state index in [0.717, 1.165) is 0 Å². The molecule has 2 unspecified atom stereocenters. The summed E-state index contributed by atoms with van der Waals surface area (Å²) in [6.07, 6.45) is -0.723. The molecule has 2 atom stereocenters. The highest BCUT2D eigenvalue weighted by Crippen LogP contribution is 2.02. The van der Waals surface area contributed by atoms with Crippen LogP contribution in [0.1, 0.15) is 25.2 Å². The molecule has 2 amide bonds. The summed E-state index contributed by atoms with van der Waals surface area (Å²) < 4.78 is 0. The van der Waals surface area contributed by atoms with Crippen molar-refractivity contribution in [2.45, 2.75) is 25.4 Å². The van der Waals surface area contributed by atoms with Crippen molar-refractivity contribution < 1.29 is 24.6 Å². The van der Waals surface area contributed by atoms with Gasteiger partial charge in [-0.15, -0.1) is 10.2 Å². The first-order chi connectivity index (χ1) is 8.90. The Morgan fingerprint density at radius 3 is 2.47 bits per heavy atom. The number of rotatable bonds is 6. The lowest BCUT2D eigenvalue weighted by atomic mass is 10.2. The summed E-state index contributed by atoms with van der Waals surface area (Å²) in [5.41, 5.74) is 0. The Bertz CT molecular complexity index is 460. The Kier molecular flexibility index (Phi) is 4.74. The number of carbonyl (C=O) groups excluding carboxylic acids is 1. The summed E-state index contributed by atoms with van der Waals surface area (Å²) in [7, 11) is 0. The predicted octanol–water partition coefficient (Wildman–Crippen LogP) is -1.51. The van der Waals surface area contributed by atoms with E-state index in [2.05, 4.69) is 25.9 Å². The number of amides is 2. The first-order valence-electron chi connectivity index (χ1n) is 5.15. The number of carboxylic acids is 2. The normalized spacial score (nSPS) is 13.3. The number of hydrogen-bond donors (Lipinski definition) is 5. The van der Waals surface area contributed by atoms with Crippen LogP contribution in [0.15, 0.2) is 0 Å². The summed E-state index contributed by atoms with van der Waals surface area (Å²) >= 11 is 0. The summed E-state index contributed by atoms with van der Waals surface area (Å²) in [4.78, 5) is 32.7. The molecular weight excluding hydrogens is 260 g/mol. The molecule has 104 valence electrons. The van der Waals surface area contributed by atoms with Gasteiger partial charge in [0.2, 0.25) is 0 Å². The molecule has 0 aliphatic rings. The number of carbonyl (C=O) groups is 3. The standard InChI is InChI=1S/C8H12N6O5/c1-3(6-11-13-14-12-6)9-8(19)10-4(7(17)18)2-5(15)16/h3-4H,2H2,1H3,(H,15,16)(H,17,18)(H2,9,10,19)(H,11,12,13,14). The van der Waals surface area contributed by atoms with Gasteiger partial charge in [0.1, 0.15) is 6.04 Å². The summed E-state index contributed by atoms with van der Waals surface area (Å²) in [6, 6.07) is -2.97. The number of aromatic amines is 1. The molecule has 1 rings (SSSR count). The van der Waals surface area contributed by atoms with Gasteiger partial charge in [0.15, 0.2) is 5.82 Å². The van der Waals surface area contributed by atoms with E-state index < -0.39 is 36.5 Å². The van der Waals surface area contributed by atoms with E-state index in [0.29, 0.717) is 0 Å². The van der Waals surface area contributed by atoms with Crippen LogP contribution in [0, 0.1) is 0 Å². The van der Waals surface area contributed by atoms with Gasteiger partial charge < -0.3 is 20.8 Å². The van der Waals surface area contributed by atoms with Gasteiger partial charge in [0.05, 0.1) is 12.5 Å². The molecule has 1 aromatic rings. The van der Waals surface area contributed by atoms with Gasteiger partial charge >= 0.3 is 18.0 Å². The van der Waals surface area contributed by atoms with E-state index in [1.54, 1.807) is 6.92 Å². The average molecular weight is 272 g/mol. The van der Waals surface area contributed by atoms with Crippen LogP contribution in [-0.2, 0) is 9.59 Å². The maximum absolute atomic E-state index is 11.5. The fourth-order valence-electron chi connectivity index (χ4n) is 1.19. The highest BCUT2D eigenvalue weighted by molar-refractivity contribution is 5.86. The first kappa shape index (κ1) is 14.3. The van der Waals surface area contributed by atoms with Gasteiger partial charge in [0.25, 0.3) is 0 Å². The third kappa shape index (κ3) is 4.57. The molecule has 19 heavy (non-hydrogen) atoms. The third-order valence-electron chi connectivity index (χ3n) is 2.08.